The van der Waals surface area contributed by atoms with Crippen LogP contribution in [0.3, 0.4) is 0 Å². The normalized spacial score (nSPS) is 19.6. The molecule has 1 aliphatic heterocycles. The molecule has 1 aromatic carbocycles. The van der Waals surface area contributed by atoms with Crippen molar-refractivity contribution < 1.29 is 9.53 Å². The van der Waals surface area contributed by atoms with Gasteiger partial charge in [0.05, 0.1) is 6.61 Å². The lowest BCUT2D eigenvalue weighted by Gasteiger charge is -2.35. The van der Waals surface area contributed by atoms with Crippen LogP contribution in [0.25, 0.3) is 0 Å². The fourth-order valence-electron chi connectivity index (χ4n) is 2.39. The summed E-state index contributed by atoms with van der Waals surface area (Å²) in [4.78, 5) is 14.1. The van der Waals surface area contributed by atoms with Gasteiger partial charge in [-0.15, -0.1) is 0 Å². The van der Waals surface area contributed by atoms with Crippen molar-refractivity contribution in [2.75, 3.05) is 23.8 Å². The number of hydrogen-bond donors (Lipinski definition) is 1. The van der Waals surface area contributed by atoms with E-state index >= 15 is 0 Å². The second-order valence-electron chi connectivity index (χ2n) is 4.55. The van der Waals surface area contributed by atoms with Gasteiger partial charge in [0.25, 0.3) is 0 Å². The van der Waals surface area contributed by atoms with Gasteiger partial charge in [-0.2, -0.15) is 0 Å². The second-order valence-corrected chi connectivity index (χ2v) is 4.55. The molecule has 1 saturated heterocycles. The quantitative estimate of drug-likeness (QED) is 0.658. The minimum absolute atomic E-state index is 0.117. The lowest BCUT2D eigenvalue weighted by Crippen LogP contribution is -2.45. The zero-order chi connectivity index (χ0) is 13.0. The molecular weight excluding hydrogens is 228 g/mol. The average Bonchev–Trinajstić information content (AvgIpc) is 2.40. The number of hydrogen-bond acceptors (Lipinski definition) is 4. The molecular formula is C14H20N2O2. The first-order valence-electron chi connectivity index (χ1n) is 6.51. The number of nitrogens with zero attached hydrogens (tertiary/aromatic N) is 1. The topological polar surface area (TPSA) is 55.6 Å². The maximum absolute atomic E-state index is 12.0. The van der Waals surface area contributed by atoms with Gasteiger partial charge in [-0.25, -0.2) is 4.79 Å². The largest absolute Gasteiger partial charge is 0.464 e. The second kappa shape index (κ2) is 5.76. The summed E-state index contributed by atoms with van der Waals surface area (Å²) in [5, 5.41) is 0. The SMILES string of the molecule is CCOC(=O)C1CCCCN1c1ccc(N)cc1. The van der Waals surface area contributed by atoms with Crippen LogP contribution in [0, 0.1) is 0 Å². The van der Waals surface area contributed by atoms with Crippen molar-refractivity contribution in [3.05, 3.63) is 24.3 Å². The first-order valence-corrected chi connectivity index (χ1v) is 6.51. The Labute approximate surface area is 108 Å². The van der Waals surface area contributed by atoms with Crippen LogP contribution in [-0.2, 0) is 9.53 Å². The zero-order valence-corrected chi connectivity index (χ0v) is 10.8. The van der Waals surface area contributed by atoms with Crippen LogP contribution in [0.2, 0.25) is 0 Å². The number of carbonyl (C=O) groups excluding carboxylic acids is 1. The van der Waals surface area contributed by atoms with E-state index in [1.165, 1.54) is 0 Å². The van der Waals surface area contributed by atoms with E-state index in [-0.39, 0.29) is 12.0 Å². The highest BCUT2D eigenvalue weighted by atomic mass is 16.5. The van der Waals surface area contributed by atoms with Crippen LogP contribution in [0.4, 0.5) is 11.4 Å². The number of piperidine rings is 1. The lowest BCUT2D eigenvalue weighted by atomic mass is 10.0. The molecule has 0 spiro atoms. The molecule has 1 heterocycles. The van der Waals surface area contributed by atoms with E-state index in [9.17, 15) is 4.79 Å². The summed E-state index contributed by atoms with van der Waals surface area (Å²) in [6.07, 6.45) is 3.05. The minimum atomic E-state index is -0.151. The van der Waals surface area contributed by atoms with Gasteiger partial charge in [-0.3, -0.25) is 0 Å². The highest BCUT2D eigenvalue weighted by Crippen LogP contribution is 2.26. The number of anilines is 2. The molecule has 0 aromatic heterocycles. The monoisotopic (exact) mass is 248 g/mol. The number of carbonyl (C=O) groups is 1. The Morgan fingerprint density at radius 3 is 2.78 bits per heavy atom. The van der Waals surface area contributed by atoms with Crippen LogP contribution in [0.5, 0.6) is 0 Å². The maximum Gasteiger partial charge on any atom is 0.328 e. The van der Waals surface area contributed by atoms with Gasteiger partial charge >= 0.3 is 5.97 Å². The Kier molecular flexibility index (Phi) is 4.07. The molecule has 4 heteroatoms. The molecule has 2 N–H and O–H groups in total. The molecule has 0 radical (unpaired) electrons. The summed E-state index contributed by atoms with van der Waals surface area (Å²) < 4.78 is 5.15. The molecule has 1 aliphatic rings. The van der Waals surface area contributed by atoms with E-state index in [1.807, 2.05) is 31.2 Å². The van der Waals surface area contributed by atoms with E-state index < -0.39 is 0 Å². The summed E-state index contributed by atoms with van der Waals surface area (Å²) in [5.41, 5.74) is 7.47. The average molecular weight is 248 g/mol. The summed E-state index contributed by atoms with van der Waals surface area (Å²) in [6.45, 7) is 3.17. The third-order valence-corrected chi connectivity index (χ3v) is 3.29. The smallest absolute Gasteiger partial charge is 0.328 e. The molecule has 1 aromatic rings. The summed E-state index contributed by atoms with van der Waals surface area (Å²) >= 11 is 0. The van der Waals surface area contributed by atoms with Gasteiger partial charge in [0.1, 0.15) is 6.04 Å². The van der Waals surface area contributed by atoms with Crippen LogP contribution in [0.1, 0.15) is 26.2 Å². The van der Waals surface area contributed by atoms with E-state index in [0.717, 1.165) is 37.2 Å². The van der Waals surface area contributed by atoms with Crippen molar-refractivity contribution in [1.82, 2.24) is 0 Å². The van der Waals surface area contributed by atoms with E-state index in [0.29, 0.717) is 6.61 Å². The Morgan fingerprint density at radius 2 is 2.11 bits per heavy atom. The Morgan fingerprint density at radius 1 is 1.39 bits per heavy atom. The summed E-state index contributed by atoms with van der Waals surface area (Å²) in [6, 6.07) is 7.51. The van der Waals surface area contributed by atoms with E-state index in [4.69, 9.17) is 10.5 Å². The fraction of sp³-hybridized carbons (Fsp3) is 0.500. The van der Waals surface area contributed by atoms with Gasteiger partial charge in [0.15, 0.2) is 0 Å². The number of nitrogen functional groups attached to an aromatic ring is 1. The van der Waals surface area contributed by atoms with Crippen molar-refractivity contribution in [2.45, 2.75) is 32.2 Å². The van der Waals surface area contributed by atoms with Crippen LogP contribution in [-0.4, -0.2) is 25.2 Å². The zero-order valence-electron chi connectivity index (χ0n) is 10.8. The van der Waals surface area contributed by atoms with Gasteiger partial charge in [-0.05, 0) is 50.5 Å². The molecule has 1 unspecified atom stereocenters. The molecule has 0 amide bonds. The summed E-state index contributed by atoms with van der Waals surface area (Å²) in [7, 11) is 0. The Balaban J connectivity index is 2.17. The Bertz CT molecular complexity index is 403. The van der Waals surface area contributed by atoms with Gasteiger partial charge in [0, 0.05) is 17.9 Å². The molecule has 0 saturated carbocycles. The molecule has 0 aliphatic carbocycles. The molecule has 4 nitrogen and oxygen atoms in total. The molecule has 18 heavy (non-hydrogen) atoms. The van der Waals surface area contributed by atoms with Gasteiger partial charge in [-0.1, -0.05) is 0 Å². The van der Waals surface area contributed by atoms with Gasteiger partial charge in [0.2, 0.25) is 0 Å². The van der Waals surface area contributed by atoms with Crippen molar-refractivity contribution in [2.24, 2.45) is 0 Å². The van der Waals surface area contributed by atoms with Gasteiger partial charge < -0.3 is 15.4 Å². The molecule has 0 bridgehead atoms. The van der Waals surface area contributed by atoms with E-state index in [2.05, 4.69) is 4.90 Å². The fourth-order valence-corrected chi connectivity index (χ4v) is 2.39. The van der Waals surface area contributed by atoms with Crippen molar-refractivity contribution >= 4 is 17.3 Å². The predicted octanol–water partition coefficient (Wildman–Crippen LogP) is 2.19. The maximum atomic E-state index is 12.0. The molecule has 2 rings (SSSR count). The first-order chi connectivity index (χ1) is 8.72. The number of rotatable bonds is 3. The number of nitrogens with two attached hydrogens (primary N) is 1. The first kappa shape index (κ1) is 12.7. The third kappa shape index (κ3) is 2.75. The molecule has 1 atom stereocenters. The number of ether oxygens (including phenoxy) is 1. The van der Waals surface area contributed by atoms with E-state index in [1.54, 1.807) is 0 Å². The Hall–Kier alpha value is -1.71. The highest BCUT2D eigenvalue weighted by molar-refractivity contribution is 5.80. The number of benzene rings is 1. The summed E-state index contributed by atoms with van der Waals surface area (Å²) in [5.74, 6) is -0.117. The number of esters is 1. The third-order valence-electron chi connectivity index (χ3n) is 3.29. The van der Waals surface area contributed by atoms with Crippen LogP contribution >= 0.6 is 0 Å². The van der Waals surface area contributed by atoms with Crippen LogP contribution in [0.15, 0.2) is 24.3 Å². The molecule has 98 valence electrons. The van der Waals surface area contributed by atoms with Crippen LogP contribution < -0.4 is 10.6 Å². The van der Waals surface area contributed by atoms with Crippen molar-refractivity contribution in [1.29, 1.82) is 0 Å². The lowest BCUT2D eigenvalue weighted by molar-refractivity contribution is -0.145. The van der Waals surface area contributed by atoms with Crippen molar-refractivity contribution in [3.63, 3.8) is 0 Å². The minimum Gasteiger partial charge on any atom is -0.464 e. The van der Waals surface area contributed by atoms with Crippen molar-refractivity contribution in [3.8, 4) is 0 Å². The highest BCUT2D eigenvalue weighted by Gasteiger charge is 2.29. The molecule has 1 fully saturated rings. The standard InChI is InChI=1S/C14H20N2O2/c1-2-18-14(17)13-5-3-4-10-16(13)12-8-6-11(15)7-9-12/h6-9,13H,2-5,10,15H2,1H3. The predicted molar refractivity (Wildman–Crippen MR) is 72.5 cm³/mol.